The van der Waals surface area contributed by atoms with Gasteiger partial charge in [0, 0.05) is 11.6 Å². The molecule has 0 radical (unpaired) electrons. The fraction of sp³-hybridized carbons (Fsp3) is 0.304. The van der Waals surface area contributed by atoms with Gasteiger partial charge in [0.1, 0.15) is 6.54 Å². The third kappa shape index (κ3) is 6.06. The Morgan fingerprint density at radius 2 is 1.82 bits per heavy atom. The van der Waals surface area contributed by atoms with Crippen LogP contribution in [0, 0.1) is 6.92 Å². The number of carbonyl (C=O) groups is 2. The summed E-state index contributed by atoms with van der Waals surface area (Å²) < 4.78 is 0. The van der Waals surface area contributed by atoms with E-state index in [0.717, 1.165) is 38.3 Å². The van der Waals surface area contributed by atoms with Gasteiger partial charge in [-0.05, 0) is 18.6 Å². The third-order valence-electron chi connectivity index (χ3n) is 5.00. The topological polar surface area (TPSA) is 53.9 Å². The molecule has 5 nitrogen and oxygen atoms in total. The molecule has 0 atom stereocenters. The summed E-state index contributed by atoms with van der Waals surface area (Å²) in [6.07, 6.45) is 3.21. The van der Waals surface area contributed by atoms with Crippen LogP contribution in [0.5, 0.6) is 0 Å². The van der Waals surface area contributed by atoms with Crippen molar-refractivity contribution in [3.8, 4) is 0 Å². The van der Waals surface area contributed by atoms with Gasteiger partial charge >= 0.3 is 0 Å². The molecule has 1 fully saturated rings. The Bertz CT molecular complexity index is 825. The Morgan fingerprint density at radius 1 is 1.07 bits per heavy atom. The molecule has 0 aliphatic carbocycles. The van der Waals surface area contributed by atoms with Gasteiger partial charge in [0.05, 0.1) is 32.7 Å². The van der Waals surface area contributed by atoms with E-state index in [1.54, 1.807) is 6.08 Å². The van der Waals surface area contributed by atoms with Gasteiger partial charge in [-0.3, -0.25) is 9.59 Å². The smallest absolute Gasteiger partial charge is 0.244 e. The summed E-state index contributed by atoms with van der Waals surface area (Å²) in [7, 11) is 0. The van der Waals surface area contributed by atoms with E-state index >= 15 is 0 Å². The second kappa shape index (κ2) is 9.85. The highest BCUT2D eigenvalue weighted by Gasteiger charge is 2.23. The summed E-state index contributed by atoms with van der Waals surface area (Å²) in [6.45, 7) is 6.48. The number of piperazine rings is 1. The lowest BCUT2D eigenvalue weighted by molar-refractivity contribution is -0.917. The molecule has 2 aromatic rings. The molecule has 2 aromatic carbocycles. The van der Waals surface area contributed by atoms with Crippen molar-refractivity contribution in [1.82, 2.24) is 10.2 Å². The highest BCUT2D eigenvalue weighted by atomic mass is 16.2. The summed E-state index contributed by atoms with van der Waals surface area (Å²) in [5.41, 5.74) is 3.58. The van der Waals surface area contributed by atoms with Gasteiger partial charge in [0.25, 0.3) is 0 Å². The van der Waals surface area contributed by atoms with Gasteiger partial charge in [-0.2, -0.15) is 0 Å². The summed E-state index contributed by atoms with van der Waals surface area (Å²) in [6, 6.07) is 18.2. The molecule has 0 unspecified atom stereocenters. The number of aryl methyl sites for hydroxylation is 1. The van der Waals surface area contributed by atoms with Crippen LogP contribution in [0.3, 0.4) is 0 Å². The fourth-order valence-electron chi connectivity index (χ4n) is 3.43. The van der Waals surface area contributed by atoms with Crippen molar-refractivity contribution in [2.45, 2.75) is 13.5 Å². The number of quaternary nitrogens is 1. The van der Waals surface area contributed by atoms with Gasteiger partial charge in [-0.1, -0.05) is 60.2 Å². The molecule has 0 spiro atoms. The minimum Gasteiger partial charge on any atom is -0.343 e. The molecular weight excluding hydrogens is 350 g/mol. The second-order valence-electron chi connectivity index (χ2n) is 7.26. The van der Waals surface area contributed by atoms with E-state index in [2.05, 4.69) is 36.5 Å². The number of nitrogens with one attached hydrogen (secondary N) is 2. The highest BCUT2D eigenvalue weighted by Crippen LogP contribution is 2.03. The fourth-order valence-corrected chi connectivity index (χ4v) is 3.43. The Morgan fingerprint density at radius 3 is 2.54 bits per heavy atom. The Labute approximate surface area is 166 Å². The number of hydrogen-bond donors (Lipinski definition) is 2. The second-order valence-corrected chi connectivity index (χ2v) is 7.26. The van der Waals surface area contributed by atoms with E-state index in [-0.39, 0.29) is 18.4 Å². The normalized spacial score (nSPS) is 15.0. The van der Waals surface area contributed by atoms with E-state index in [1.807, 2.05) is 35.2 Å². The van der Waals surface area contributed by atoms with Crippen molar-refractivity contribution in [2.24, 2.45) is 0 Å². The van der Waals surface area contributed by atoms with Gasteiger partial charge < -0.3 is 15.1 Å². The predicted molar refractivity (Wildman–Crippen MR) is 111 cm³/mol. The van der Waals surface area contributed by atoms with Crippen LogP contribution in [0.15, 0.2) is 60.7 Å². The molecule has 1 heterocycles. The largest absolute Gasteiger partial charge is 0.343 e. The van der Waals surface area contributed by atoms with E-state index in [1.165, 1.54) is 22.1 Å². The Balaban J connectivity index is 1.39. The highest BCUT2D eigenvalue weighted by molar-refractivity contribution is 5.94. The van der Waals surface area contributed by atoms with Gasteiger partial charge in [0.15, 0.2) is 0 Å². The Kier molecular flexibility index (Phi) is 6.98. The minimum absolute atomic E-state index is 0.0175. The molecule has 0 bridgehead atoms. The number of benzene rings is 2. The average Bonchev–Trinajstić information content (AvgIpc) is 2.72. The quantitative estimate of drug-likeness (QED) is 0.739. The van der Waals surface area contributed by atoms with E-state index in [4.69, 9.17) is 0 Å². The molecule has 2 N–H and O–H groups in total. The van der Waals surface area contributed by atoms with E-state index in [9.17, 15) is 9.59 Å². The van der Waals surface area contributed by atoms with Crippen LogP contribution in [-0.2, 0) is 16.1 Å². The lowest BCUT2D eigenvalue weighted by Crippen LogP contribution is -3.13. The van der Waals surface area contributed by atoms with Crippen molar-refractivity contribution >= 4 is 17.9 Å². The standard InChI is InChI=1S/C23H27N3O2/c1-19-6-5-9-21(16-19)18-25-12-14-26(15-13-25)23(28)17-24-22(27)11-10-20-7-3-2-4-8-20/h2-11,16H,12-15,17-18H2,1H3,(H,24,27)/p+1/b11-10+. The van der Waals surface area contributed by atoms with Crippen molar-refractivity contribution in [2.75, 3.05) is 32.7 Å². The van der Waals surface area contributed by atoms with Gasteiger partial charge in [-0.15, -0.1) is 0 Å². The predicted octanol–water partition coefficient (Wildman–Crippen LogP) is 1.05. The summed E-state index contributed by atoms with van der Waals surface area (Å²) >= 11 is 0. The molecule has 3 rings (SSSR count). The molecule has 0 aromatic heterocycles. The minimum atomic E-state index is -0.249. The van der Waals surface area contributed by atoms with Crippen molar-refractivity contribution < 1.29 is 14.5 Å². The first-order chi connectivity index (χ1) is 13.6. The molecule has 5 heteroatoms. The van der Waals surface area contributed by atoms with E-state index < -0.39 is 0 Å². The van der Waals surface area contributed by atoms with Crippen LogP contribution in [0.25, 0.3) is 6.08 Å². The SMILES string of the molecule is Cc1cccc(C[NH+]2CCN(C(=O)CNC(=O)/C=C/c3ccccc3)CC2)c1. The van der Waals surface area contributed by atoms with Crippen LogP contribution in [-0.4, -0.2) is 49.4 Å². The zero-order valence-corrected chi connectivity index (χ0v) is 16.4. The number of hydrogen-bond acceptors (Lipinski definition) is 2. The molecule has 1 saturated heterocycles. The summed E-state index contributed by atoms with van der Waals surface area (Å²) in [5, 5.41) is 2.68. The first kappa shape index (κ1) is 19.8. The maximum atomic E-state index is 12.4. The number of nitrogens with zero attached hydrogens (tertiary/aromatic N) is 1. The zero-order valence-electron chi connectivity index (χ0n) is 16.4. The van der Waals surface area contributed by atoms with Crippen LogP contribution in [0.4, 0.5) is 0 Å². The van der Waals surface area contributed by atoms with E-state index in [0.29, 0.717) is 0 Å². The van der Waals surface area contributed by atoms with Crippen LogP contribution in [0.1, 0.15) is 16.7 Å². The number of rotatable bonds is 6. The summed E-state index contributed by atoms with van der Waals surface area (Å²) in [4.78, 5) is 27.6. The number of carbonyl (C=O) groups excluding carboxylic acids is 2. The maximum absolute atomic E-state index is 12.4. The molecule has 1 aliphatic rings. The molecule has 0 saturated carbocycles. The first-order valence-electron chi connectivity index (χ1n) is 9.78. The van der Waals surface area contributed by atoms with Crippen molar-refractivity contribution in [3.63, 3.8) is 0 Å². The Hall–Kier alpha value is -2.92. The lowest BCUT2D eigenvalue weighted by Gasteiger charge is -2.32. The molecule has 1 aliphatic heterocycles. The average molecular weight is 378 g/mol. The van der Waals surface area contributed by atoms with Crippen LogP contribution < -0.4 is 10.2 Å². The van der Waals surface area contributed by atoms with Gasteiger partial charge in [-0.25, -0.2) is 0 Å². The number of amides is 2. The first-order valence-corrected chi connectivity index (χ1v) is 9.78. The van der Waals surface area contributed by atoms with Gasteiger partial charge in [0.2, 0.25) is 11.8 Å². The monoisotopic (exact) mass is 378 g/mol. The molecular formula is C23H28N3O2+. The van der Waals surface area contributed by atoms with Crippen molar-refractivity contribution in [1.29, 1.82) is 0 Å². The maximum Gasteiger partial charge on any atom is 0.244 e. The molecule has 28 heavy (non-hydrogen) atoms. The third-order valence-corrected chi connectivity index (χ3v) is 5.00. The lowest BCUT2D eigenvalue weighted by atomic mass is 10.1. The van der Waals surface area contributed by atoms with Crippen LogP contribution in [0.2, 0.25) is 0 Å². The van der Waals surface area contributed by atoms with Crippen molar-refractivity contribution in [3.05, 3.63) is 77.4 Å². The summed E-state index contributed by atoms with van der Waals surface area (Å²) in [5.74, 6) is -0.267. The molecule has 2 amide bonds. The molecule has 146 valence electrons. The zero-order chi connectivity index (χ0) is 19.8. The van der Waals surface area contributed by atoms with Crippen LogP contribution >= 0.6 is 0 Å².